The first-order valence-corrected chi connectivity index (χ1v) is 5.59. The minimum Gasteiger partial charge on any atom is -0.329 e. The fraction of sp³-hybridized carbons (Fsp3) is 1.00. The van der Waals surface area contributed by atoms with E-state index < -0.39 is 6.36 Å². The molecule has 0 aliphatic carbocycles. The second-order valence-electron chi connectivity index (χ2n) is 4.25. The molecule has 2 atom stereocenters. The molecule has 1 fully saturated rings. The molecule has 0 amide bonds. The van der Waals surface area contributed by atoms with Gasteiger partial charge in [0.2, 0.25) is 0 Å². The van der Waals surface area contributed by atoms with Gasteiger partial charge < -0.3 is 5.73 Å². The summed E-state index contributed by atoms with van der Waals surface area (Å²) in [4.78, 5) is 2.00. The second-order valence-corrected chi connectivity index (χ2v) is 4.25. The van der Waals surface area contributed by atoms with Crippen LogP contribution in [0.15, 0.2) is 0 Å². The Hall–Kier alpha value is -0.330. The Bertz CT molecular complexity index is 211. The van der Waals surface area contributed by atoms with Gasteiger partial charge in [-0.2, -0.15) is 0 Å². The number of rotatable bonds is 4. The van der Waals surface area contributed by atoms with E-state index in [1.54, 1.807) is 0 Å². The molecule has 0 radical (unpaired) electrons. The molecule has 1 rings (SSSR count). The summed E-state index contributed by atoms with van der Waals surface area (Å²) in [6, 6.07) is 0.186. The molecule has 1 heterocycles. The zero-order valence-corrected chi connectivity index (χ0v) is 9.46. The number of halogens is 3. The lowest BCUT2D eigenvalue weighted by Crippen LogP contribution is -2.49. The van der Waals surface area contributed by atoms with E-state index in [0.717, 1.165) is 19.4 Å². The first kappa shape index (κ1) is 13.7. The molecule has 0 spiro atoms. The van der Waals surface area contributed by atoms with E-state index in [2.05, 4.69) is 11.7 Å². The maximum atomic E-state index is 11.8. The SMILES string of the molecule is CC1CCCN(CCOC(F)(F)F)C1CN. The third kappa shape index (κ3) is 4.27. The molecule has 0 aromatic carbocycles. The Kier molecular flexibility index (Phi) is 5.01. The number of alkyl halides is 3. The molecule has 3 nitrogen and oxygen atoms in total. The quantitative estimate of drug-likeness (QED) is 0.811. The van der Waals surface area contributed by atoms with Crippen molar-refractivity contribution in [2.45, 2.75) is 32.2 Å². The van der Waals surface area contributed by atoms with E-state index in [1.807, 2.05) is 4.90 Å². The molecule has 0 saturated carbocycles. The van der Waals surface area contributed by atoms with E-state index in [0.29, 0.717) is 19.0 Å². The van der Waals surface area contributed by atoms with Crippen LogP contribution in [0.4, 0.5) is 13.2 Å². The van der Waals surface area contributed by atoms with Gasteiger partial charge in [-0.3, -0.25) is 9.64 Å². The van der Waals surface area contributed by atoms with Crippen LogP contribution >= 0.6 is 0 Å². The number of hydrogen-bond donors (Lipinski definition) is 1. The zero-order chi connectivity index (χ0) is 12.2. The molecule has 96 valence electrons. The molecule has 2 N–H and O–H groups in total. The van der Waals surface area contributed by atoms with Gasteiger partial charge in [0, 0.05) is 19.1 Å². The van der Waals surface area contributed by atoms with Crippen molar-refractivity contribution in [2.75, 3.05) is 26.2 Å². The summed E-state index contributed by atoms with van der Waals surface area (Å²) in [5.74, 6) is 0.449. The third-order valence-corrected chi connectivity index (χ3v) is 3.12. The van der Waals surface area contributed by atoms with Gasteiger partial charge in [0.25, 0.3) is 0 Å². The number of nitrogens with two attached hydrogens (primary N) is 1. The fourth-order valence-electron chi connectivity index (χ4n) is 2.27. The lowest BCUT2D eigenvalue weighted by molar-refractivity contribution is -0.325. The molecular weight excluding hydrogens is 221 g/mol. The van der Waals surface area contributed by atoms with Crippen molar-refractivity contribution in [2.24, 2.45) is 11.7 Å². The van der Waals surface area contributed by atoms with Crippen molar-refractivity contribution in [1.29, 1.82) is 0 Å². The first-order chi connectivity index (χ1) is 7.44. The standard InChI is InChI=1S/C10H19F3N2O/c1-8-3-2-4-15(9(8)7-14)5-6-16-10(11,12)13/h8-9H,2-7,14H2,1H3. The van der Waals surface area contributed by atoms with Crippen LogP contribution in [-0.4, -0.2) is 43.5 Å². The van der Waals surface area contributed by atoms with Crippen molar-refractivity contribution in [3.63, 3.8) is 0 Å². The van der Waals surface area contributed by atoms with Crippen LogP contribution in [0.25, 0.3) is 0 Å². The molecule has 1 aliphatic heterocycles. The molecule has 1 aliphatic rings. The summed E-state index contributed by atoms with van der Waals surface area (Å²) in [6.07, 6.45) is -2.41. The Labute approximate surface area is 93.7 Å². The van der Waals surface area contributed by atoms with E-state index >= 15 is 0 Å². The molecule has 1 saturated heterocycles. The largest absolute Gasteiger partial charge is 0.522 e. The number of likely N-dealkylation sites (tertiary alicyclic amines) is 1. The fourth-order valence-corrected chi connectivity index (χ4v) is 2.27. The van der Waals surface area contributed by atoms with Crippen molar-refractivity contribution in [3.05, 3.63) is 0 Å². The van der Waals surface area contributed by atoms with Crippen LogP contribution in [0.5, 0.6) is 0 Å². The van der Waals surface area contributed by atoms with Gasteiger partial charge in [-0.05, 0) is 25.3 Å². The highest BCUT2D eigenvalue weighted by atomic mass is 19.4. The molecule has 16 heavy (non-hydrogen) atoms. The van der Waals surface area contributed by atoms with E-state index in [9.17, 15) is 13.2 Å². The molecule has 2 unspecified atom stereocenters. The topological polar surface area (TPSA) is 38.5 Å². The Morgan fingerprint density at radius 1 is 1.44 bits per heavy atom. The smallest absolute Gasteiger partial charge is 0.329 e. The van der Waals surface area contributed by atoms with Crippen molar-refractivity contribution >= 4 is 0 Å². The minimum atomic E-state index is -4.53. The maximum absolute atomic E-state index is 11.8. The number of piperidine rings is 1. The van der Waals surface area contributed by atoms with E-state index in [-0.39, 0.29) is 12.6 Å². The second kappa shape index (κ2) is 5.84. The molecule has 0 bridgehead atoms. The van der Waals surface area contributed by atoms with Crippen LogP contribution in [0.1, 0.15) is 19.8 Å². The number of nitrogens with zero attached hydrogens (tertiary/aromatic N) is 1. The highest BCUT2D eigenvalue weighted by molar-refractivity contribution is 4.82. The minimum absolute atomic E-state index is 0.186. The lowest BCUT2D eigenvalue weighted by Gasteiger charge is -2.39. The summed E-state index contributed by atoms with van der Waals surface area (Å²) < 4.78 is 39.2. The van der Waals surface area contributed by atoms with Gasteiger partial charge >= 0.3 is 6.36 Å². The van der Waals surface area contributed by atoms with Crippen molar-refractivity contribution in [3.8, 4) is 0 Å². The molecule has 0 aromatic rings. The normalized spacial score (nSPS) is 28.3. The van der Waals surface area contributed by atoms with Gasteiger partial charge in [0.15, 0.2) is 0 Å². The number of ether oxygens (including phenoxy) is 1. The monoisotopic (exact) mass is 240 g/mol. The maximum Gasteiger partial charge on any atom is 0.522 e. The summed E-state index contributed by atoms with van der Waals surface area (Å²) in [6.45, 7) is 3.38. The predicted octanol–water partition coefficient (Wildman–Crippen LogP) is 1.58. The third-order valence-electron chi connectivity index (χ3n) is 3.12. The van der Waals surface area contributed by atoms with Gasteiger partial charge in [0.05, 0.1) is 6.61 Å². The Morgan fingerprint density at radius 2 is 2.12 bits per heavy atom. The van der Waals surface area contributed by atoms with Crippen molar-refractivity contribution < 1.29 is 17.9 Å². The lowest BCUT2D eigenvalue weighted by atomic mass is 9.91. The summed E-state index contributed by atoms with van der Waals surface area (Å²) in [7, 11) is 0. The van der Waals surface area contributed by atoms with Gasteiger partial charge in [0.1, 0.15) is 0 Å². The zero-order valence-electron chi connectivity index (χ0n) is 9.46. The van der Waals surface area contributed by atoms with Crippen LogP contribution in [0, 0.1) is 5.92 Å². The average molecular weight is 240 g/mol. The highest BCUT2D eigenvalue weighted by Gasteiger charge is 2.31. The molecular formula is C10H19F3N2O. The van der Waals surface area contributed by atoms with E-state index in [4.69, 9.17) is 5.73 Å². The molecule has 6 heteroatoms. The van der Waals surface area contributed by atoms with Crippen LogP contribution in [0.2, 0.25) is 0 Å². The highest BCUT2D eigenvalue weighted by Crippen LogP contribution is 2.23. The van der Waals surface area contributed by atoms with Gasteiger partial charge in [-0.15, -0.1) is 13.2 Å². The van der Waals surface area contributed by atoms with E-state index in [1.165, 1.54) is 0 Å². The summed E-state index contributed by atoms with van der Waals surface area (Å²) in [5, 5.41) is 0. The summed E-state index contributed by atoms with van der Waals surface area (Å²) >= 11 is 0. The average Bonchev–Trinajstić information content (AvgIpc) is 2.16. The van der Waals surface area contributed by atoms with Crippen LogP contribution in [-0.2, 0) is 4.74 Å². The number of hydrogen-bond acceptors (Lipinski definition) is 3. The van der Waals surface area contributed by atoms with Crippen molar-refractivity contribution in [1.82, 2.24) is 4.90 Å². The van der Waals surface area contributed by atoms with Crippen LogP contribution in [0.3, 0.4) is 0 Å². The Morgan fingerprint density at radius 3 is 2.69 bits per heavy atom. The van der Waals surface area contributed by atoms with Crippen LogP contribution < -0.4 is 5.73 Å². The van der Waals surface area contributed by atoms with Gasteiger partial charge in [-0.25, -0.2) is 0 Å². The molecule has 0 aromatic heterocycles. The Balaban J connectivity index is 2.34. The first-order valence-electron chi connectivity index (χ1n) is 5.59. The predicted molar refractivity (Wildman–Crippen MR) is 54.8 cm³/mol. The summed E-state index contributed by atoms with van der Waals surface area (Å²) in [5.41, 5.74) is 5.64. The van der Waals surface area contributed by atoms with Gasteiger partial charge in [-0.1, -0.05) is 6.92 Å².